The number of fused-ring (bicyclic) bond motifs is 1. The number of nitrogens with one attached hydrogen (secondary N) is 2. The van der Waals surface area contributed by atoms with Gasteiger partial charge in [-0.25, -0.2) is 0 Å². The molecule has 0 bridgehead atoms. The van der Waals surface area contributed by atoms with E-state index < -0.39 is 0 Å². The number of likely N-dealkylation sites (tertiary alicyclic amines) is 1. The third-order valence-electron chi connectivity index (χ3n) is 3.31. The Labute approximate surface area is 87.0 Å². The molecule has 6 nitrogen and oxygen atoms in total. The lowest BCUT2D eigenvalue weighted by Crippen LogP contribution is -2.32. The van der Waals surface area contributed by atoms with Crippen LogP contribution in [0.15, 0.2) is 6.20 Å². The van der Waals surface area contributed by atoms with Crippen molar-refractivity contribution in [3.8, 4) is 0 Å². The Kier molecular flexibility index (Phi) is 1.95. The second-order valence-electron chi connectivity index (χ2n) is 4.24. The molecule has 2 aliphatic heterocycles. The monoisotopic (exact) mass is 207 g/mol. The summed E-state index contributed by atoms with van der Waals surface area (Å²) < 4.78 is 0. The van der Waals surface area contributed by atoms with E-state index >= 15 is 0 Å². The minimum atomic E-state index is -0.00171. The molecule has 0 spiro atoms. The highest BCUT2D eigenvalue weighted by molar-refractivity contribution is 5.92. The van der Waals surface area contributed by atoms with Gasteiger partial charge in [-0.05, 0) is 11.8 Å². The Morgan fingerprint density at radius 1 is 1.40 bits per heavy atom. The molecule has 1 amide bonds. The van der Waals surface area contributed by atoms with Crippen LogP contribution in [-0.4, -0.2) is 52.4 Å². The van der Waals surface area contributed by atoms with E-state index in [1.54, 1.807) is 0 Å². The third-order valence-corrected chi connectivity index (χ3v) is 3.31. The Balaban J connectivity index is 1.72. The van der Waals surface area contributed by atoms with Gasteiger partial charge in [-0.1, -0.05) is 0 Å². The number of hydrogen-bond donors (Lipinski definition) is 2. The summed E-state index contributed by atoms with van der Waals surface area (Å²) >= 11 is 0. The van der Waals surface area contributed by atoms with Crippen LogP contribution in [0.3, 0.4) is 0 Å². The van der Waals surface area contributed by atoms with E-state index in [4.69, 9.17) is 0 Å². The molecule has 2 saturated heterocycles. The smallest absolute Gasteiger partial charge is 0.276 e. The van der Waals surface area contributed by atoms with Crippen LogP contribution in [0.25, 0.3) is 0 Å². The molecule has 0 aromatic carbocycles. The molecule has 3 heterocycles. The fraction of sp³-hybridized carbons (Fsp3) is 0.667. The topological polar surface area (TPSA) is 73.9 Å². The first-order valence-corrected chi connectivity index (χ1v) is 5.20. The first kappa shape index (κ1) is 8.84. The van der Waals surface area contributed by atoms with E-state index in [9.17, 15) is 4.79 Å². The molecule has 1 aromatic rings. The van der Waals surface area contributed by atoms with Crippen molar-refractivity contribution in [3.63, 3.8) is 0 Å². The zero-order valence-corrected chi connectivity index (χ0v) is 8.31. The molecule has 1 aromatic heterocycles. The average molecular weight is 207 g/mol. The lowest BCUT2D eigenvalue weighted by molar-refractivity contribution is 0.0776. The van der Waals surface area contributed by atoms with Crippen LogP contribution < -0.4 is 5.32 Å². The van der Waals surface area contributed by atoms with Gasteiger partial charge in [0.15, 0.2) is 5.69 Å². The third kappa shape index (κ3) is 1.41. The Bertz CT molecular complexity index is 351. The summed E-state index contributed by atoms with van der Waals surface area (Å²) in [5.74, 6) is 1.25. The maximum atomic E-state index is 11.9. The van der Waals surface area contributed by atoms with Gasteiger partial charge in [-0.2, -0.15) is 15.4 Å². The van der Waals surface area contributed by atoms with Gasteiger partial charge in [0.05, 0.1) is 6.20 Å². The summed E-state index contributed by atoms with van der Waals surface area (Å²) in [6.07, 6.45) is 1.48. The Morgan fingerprint density at radius 3 is 2.73 bits per heavy atom. The van der Waals surface area contributed by atoms with E-state index in [1.165, 1.54) is 6.20 Å². The molecule has 3 rings (SSSR count). The van der Waals surface area contributed by atoms with Crippen molar-refractivity contribution in [2.24, 2.45) is 11.8 Å². The van der Waals surface area contributed by atoms with Crippen LogP contribution >= 0.6 is 0 Å². The fourth-order valence-electron chi connectivity index (χ4n) is 2.49. The zero-order valence-electron chi connectivity index (χ0n) is 8.31. The molecular weight excluding hydrogens is 194 g/mol. The largest absolute Gasteiger partial charge is 0.337 e. The van der Waals surface area contributed by atoms with Crippen molar-refractivity contribution in [3.05, 3.63) is 11.9 Å². The molecular formula is C9H13N5O. The minimum Gasteiger partial charge on any atom is -0.337 e. The highest BCUT2D eigenvalue weighted by Crippen LogP contribution is 2.26. The quantitative estimate of drug-likeness (QED) is 0.625. The first-order chi connectivity index (χ1) is 7.34. The van der Waals surface area contributed by atoms with E-state index in [0.29, 0.717) is 17.5 Å². The van der Waals surface area contributed by atoms with Gasteiger partial charge in [0, 0.05) is 26.2 Å². The Hall–Kier alpha value is -1.43. The molecule has 2 aliphatic rings. The summed E-state index contributed by atoms with van der Waals surface area (Å²) in [5, 5.41) is 13.3. The number of hydrogen-bond acceptors (Lipinski definition) is 4. The number of aromatic nitrogens is 3. The predicted molar refractivity (Wildman–Crippen MR) is 52.1 cm³/mol. The average Bonchev–Trinajstić information content (AvgIpc) is 2.92. The van der Waals surface area contributed by atoms with Crippen molar-refractivity contribution in [2.45, 2.75) is 0 Å². The number of nitrogens with zero attached hydrogens (tertiary/aromatic N) is 3. The lowest BCUT2D eigenvalue weighted by atomic mass is 10.0. The molecule has 0 aliphatic carbocycles. The maximum Gasteiger partial charge on any atom is 0.276 e. The number of carbonyl (C=O) groups excluding carboxylic acids is 1. The van der Waals surface area contributed by atoms with Crippen molar-refractivity contribution in [1.29, 1.82) is 0 Å². The van der Waals surface area contributed by atoms with Gasteiger partial charge in [-0.3, -0.25) is 4.79 Å². The highest BCUT2D eigenvalue weighted by Gasteiger charge is 2.38. The minimum absolute atomic E-state index is 0.00171. The molecule has 6 heteroatoms. The van der Waals surface area contributed by atoms with Crippen LogP contribution in [0.2, 0.25) is 0 Å². The van der Waals surface area contributed by atoms with Crippen LogP contribution in [0.4, 0.5) is 0 Å². The SMILES string of the molecule is O=C(c1cn[nH]n1)N1C[C@H]2CNC[C@H]2C1. The first-order valence-electron chi connectivity index (χ1n) is 5.20. The number of amides is 1. The molecule has 0 radical (unpaired) electrons. The summed E-state index contributed by atoms with van der Waals surface area (Å²) in [5.41, 5.74) is 0.419. The van der Waals surface area contributed by atoms with Crippen molar-refractivity contribution in [2.75, 3.05) is 26.2 Å². The lowest BCUT2D eigenvalue weighted by Gasteiger charge is -2.15. The van der Waals surface area contributed by atoms with Gasteiger partial charge >= 0.3 is 0 Å². The zero-order chi connectivity index (χ0) is 10.3. The molecule has 2 fully saturated rings. The molecule has 0 saturated carbocycles. The van der Waals surface area contributed by atoms with Crippen LogP contribution in [0.5, 0.6) is 0 Å². The van der Waals surface area contributed by atoms with Crippen molar-refractivity contribution in [1.82, 2.24) is 25.6 Å². The van der Waals surface area contributed by atoms with E-state index in [1.807, 2.05) is 4.90 Å². The summed E-state index contributed by atoms with van der Waals surface area (Å²) in [7, 11) is 0. The van der Waals surface area contributed by atoms with Gasteiger partial charge in [0.25, 0.3) is 5.91 Å². The number of rotatable bonds is 1. The summed E-state index contributed by atoms with van der Waals surface area (Å²) in [6, 6.07) is 0. The Morgan fingerprint density at radius 2 is 2.13 bits per heavy atom. The summed E-state index contributed by atoms with van der Waals surface area (Å²) in [4.78, 5) is 13.8. The maximum absolute atomic E-state index is 11.9. The molecule has 15 heavy (non-hydrogen) atoms. The van der Waals surface area contributed by atoms with E-state index in [0.717, 1.165) is 26.2 Å². The summed E-state index contributed by atoms with van der Waals surface area (Å²) in [6.45, 7) is 3.77. The fourth-order valence-corrected chi connectivity index (χ4v) is 2.49. The molecule has 2 atom stereocenters. The second-order valence-corrected chi connectivity index (χ2v) is 4.24. The highest BCUT2D eigenvalue weighted by atomic mass is 16.2. The van der Waals surface area contributed by atoms with E-state index in [2.05, 4.69) is 20.7 Å². The standard InChI is InChI=1S/C9H13N5O/c15-9(8-3-11-13-12-8)14-4-6-1-10-2-7(6)5-14/h3,6-7,10H,1-2,4-5H2,(H,11,12,13)/t6-,7+. The molecule has 80 valence electrons. The van der Waals surface area contributed by atoms with Crippen LogP contribution in [0.1, 0.15) is 10.5 Å². The van der Waals surface area contributed by atoms with Gasteiger partial charge in [0.2, 0.25) is 0 Å². The van der Waals surface area contributed by atoms with Gasteiger partial charge in [-0.15, -0.1) is 0 Å². The number of carbonyl (C=O) groups is 1. The number of aromatic amines is 1. The molecule has 2 N–H and O–H groups in total. The van der Waals surface area contributed by atoms with Crippen molar-refractivity contribution >= 4 is 5.91 Å². The van der Waals surface area contributed by atoms with Crippen LogP contribution in [0, 0.1) is 11.8 Å². The normalized spacial score (nSPS) is 29.5. The second kappa shape index (κ2) is 3.30. The van der Waals surface area contributed by atoms with Gasteiger partial charge in [0.1, 0.15) is 0 Å². The van der Waals surface area contributed by atoms with Crippen molar-refractivity contribution < 1.29 is 4.79 Å². The van der Waals surface area contributed by atoms with Gasteiger partial charge < -0.3 is 10.2 Å². The van der Waals surface area contributed by atoms with Crippen LogP contribution in [-0.2, 0) is 0 Å². The van der Waals surface area contributed by atoms with E-state index in [-0.39, 0.29) is 5.91 Å². The number of H-pyrrole nitrogens is 1. The predicted octanol–water partition coefficient (Wildman–Crippen LogP) is -0.904. The molecule has 0 unspecified atom stereocenters.